The summed E-state index contributed by atoms with van der Waals surface area (Å²) in [5, 5.41) is 19.0. The lowest BCUT2D eigenvalue weighted by molar-refractivity contribution is -0.500. The largest absolute Gasteiger partial charge is 0.493 e. The number of benzene rings is 1. The first-order valence-corrected chi connectivity index (χ1v) is 6.71. The van der Waals surface area contributed by atoms with Crippen LogP contribution in [0.1, 0.15) is 11.1 Å². The second-order valence-corrected chi connectivity index (χ2v) is 4.98. The molecule has 0 atom stereocenters. The van der Waals surface area contributed by atoms with Crippen LogP contribution in [0.5, 0.6) is 11.5 Å². The van der Waals surface area contributed by atoms with Gasteiger partial charge < -0.3 is 19.7 Å². The smallest absolute Gasteiger partial charge is 0.191 e. The van der Waals surface area contributed by atoms with E-state index in [9.17, 15) is 10.2 Å². The Kier molecular flexibility index (Phi) is 4.62. The third-order valence-corrected chi connectivity index (χ3v) is 3.84. The van der Waals surface area contributed by atoms with E-state index in [0.29, 0.717) is 11.5 Å². The van der Waals surface area contributed by atoms with E-state index in [1.807, 2.05) is 19.2 Å². The molecule has 1 aliphatic rings. The van der Waals surface area contributed by atoms with Crippen LogP contribution in [0.4, 0.5) is 0 Å². The van der Waals surface area contributed by atoms with Crippen molar-refractivity contribution in [3.63, 3.8) is 0 Å². The van der Waals surface area contributed by atoms with Gasteiger partial charge in [-0.1, -0.05) is 0 Å². The quantitative estimate of drug-likeness (QED) is 0.761. The number of rotatable bonds is 5. The molecule has 110 valence electrons. The van der Waals surface area contributed by atoms with Gasteiger partial charge in [0, 0.05) is 12.0 Å². The number of aliphatic hydroxyl groups is 2. The zero-order valence-electron chi connectivity index (χ0n) is 12.2. The van der Waals surface area contributed by atoms with Gasteiger partial charge in [0.2, 0.25) is 0 Å². The summed E-state index contributed by atoms with van der Waals surface area (Å²) in [4.78, 5) is 0. The predicted octanol–water partition coefficient (Wildman–Crippen LogP) is 0.292. The highest BCUT2D eigenvalue weighted by Gasteiger charge is 2.31. The second-order valence-electron chi connectivity index (χ2n) is 4.98. The molecule has 1 heterocycles. The van der Waals surface area contributed by atoms with Gasteiger partial charge in [-0.25, -0.2) is 4.58 Å². The lowest BCUT2D eigenvalue weighted by Crippen LogP contribution is -2.36. The predicted molar refractivity (Wildman–Crippen MR) is 76.1 cm³/mol. The van der Waals surface area contributed by atoms with Crippen molar-refractivity contribution in [2.75, 3.05) is 41.0 Å². The minimum absolute atomic E-state index is 0.0794. The molecule has 0 saturated carbocycles. The van der Waals surface area contributed by atoms with Crippen LogP contribution < -0.4 is 9.47 Å². The number of aliphatic hydroxyl groups excluding tert-OH is 2. The minimum atomic E-state index is -0.280. The molecule has 2 N–H and O–H groups in total. The average molecular weight is 280 g/mol. The molecular weight excluding hydrogens is 258 g/mol. The standard InChI is InChI=1S/C15H22NO4/c1-16-5-4-10-6-13(19-2)14(20-3)7-12(10)15(16)11(8-17)9-18/h6-7,11,17-18H,4-5,8-9H2,1-3H3/q+1. The normalized spacial score (nSPS) is 14.5. The van der Waals surface area contributed by atoms with Crippen molar-refractivity contribution in [3.8, 4) is 11.5 Å². The van der Waals surface area contributed by atoms with Gasteiger partial charge in [-0.3, -0.25) is 0 Å². The van der Waals surface area contributed by atoms with Gasteiger partial charge in [-0.15, -0.1) is 0 Å². The first-order chi connectivity index (χ1) is 9.65. The van der Waals surface area contributed by atoms with Crippen LogP contribution in [-0.4, -0.2) is 61.5 Å². The first-order valence-electron chi connectivity index (χ1n) is 6.71. The van der Waals surface area contributed by atoms with E-state index in [1.54, 1.807) is 14.2 Å². The van der Waals surface area contributed by atoms with Crippen molar-refractivity contribution >= 4 is 5.71 Å². The Balaban J connectivity index is 2.57. The molecule has 0 amide bonds. The Bertz CT molecular complexity index is 521. The van der Waals surface area contributed by atoms with Crippen molar-refractivity contribution in [1.82, 2.24) is 0 Å². The summed E-state index contributed by atoms with van der Waals surface area (Å²) in [6, 6.07) is 3.91. The summed E-state index contributed by atoms with van der Waals surface area (Å²) in [6.07, 6.45) is 0.902. The summed E-state index contributed by atoms with van der Waals surface area (Å²) in [6.45, 7) is 0.697. The maximum absolute atomic E-state index is 9.49. The van der Waals surface area contributed by atoms with Crippen molar-refractivity contribution in [2.45, 2.75) is 6.42 Å². The van der Waals surface area contributed by atoms with Gasteiger partial charge in [0.15, 0.2) is 17.2 Å². The molecule has 0 unspecified atom stereocenters. The Morgan fingerprint density at radius 1 is 1.15 bits per heavy atom. The van der Waals surface area contributed by atoms with Gasteiger partial charge >= 0.3 is 0 Å². The summed E-state index contributed by atoms with van der Waals surface area (Å²) in [5.74, 6) is 1.09. The maximum atomic E-state index is 9.49. The molecule has 1 aliphatic heterocycles. The number of hydrogen-bond donors (Lipinski definition) is 2. The van der Waals surface area contributed by atoms with E-state index in [2.05, 4.69) is 4.58 Å². The van der Waals surface area contributed by atoms with E-state index < -0.39 is 0 Å². The second kappa shape index (κ2) is 6.24. The molecule has 0 spiro atoms. The minimum Gasteiger partial charge on any atom is -0.493 e. The van der Waals surface area contributed by atoms with E-state index in [1.165, 1.54) is 0 Å². The first kappa shape index (κ1) is 14.8. The Labute approximate surface area is 119 Å². The maximum Gasteiger partial charge on any atom is 0.191 e. The van der Waals surface area contributed by atoms with Gasteiger partial charge in [0.1, 0.15) is 13.6 Å². The van der Waals surface area contributed by atoms with Crippen molar-refractivity contribution in [3.05, 3.63) is 23.3 Å². The lowest BCUT2D eigenvalue weighted by Gasteiger charge is -2.22. The molecular formula is C15H22NO4+. The fourth-order valence-electron chi connectivity index (χ4n) is 2.74. The Morgan fingerprint density at radius 3 is 2.30 bits per heavy atom. The molecule has 1 aromatic carbocycles. The Hall–Kier alpha value is -1.59. The Morgan fingerprint density at radius 2 is 1.75 bits per heavy atom. The number of nitrogens with zero attached hydrogens (tertiary/aromatic N) is 1. The summed E-state index contributed by atoms with van der Waals surface area (Å²) >= 11 is 0. The summed E-state index contributed by atoms with van der Waals surface area (Å²) in [5.41, 5.74) is 3.13. The fraction of sp³-hybridized carbons (Fsp3) is 0.533. The van der Waals surface area contributed by atoms with E-state index in [-0.39, 0.29) is 19.1 Å². The van der Waals surface area contributed by atoms with E-state index in [0.717, 1.165) is 29.8 Å². The molecule has 0 saturated heterocycles. The summed E-state index contributed by atoms with van der Waals surface area (Å²) in [7, 11) is 5.20. The monoisotopic (exact) mass is 280 g/mol. The van der Waals surface area contributed by atoms with Crippen molar-refractivity contribution in [1.29, 1.82) is 0 Å². The lowest BCUT2D eigenvalue weighted by atomic mass is 9.89. The van der Waals surface area contributed by atoms with Crippen LogP contribution >= 0.6 is 0 Å². The van der Waals surface area contributed by atoms with Gasteiger partial charge in [-0.05, 0) is 17.7 Å². The number of likely N-dealkylation sites (N-methyl/N-ethyl adjacent to an activating group) is 1. The molecule has 0 radical (unpaired) electrons. The highest BCUT2D eigenvalue weighted by atomic mass is 16.5. The number of ether oxygens (including phenoxy) is 2. The molecule has 1 aromatic rings. The third kappa shape index (κ3) is 2.51. The number of methoxy groups -OCH3 is 2. The van der Waals surface area contributed by atoms with Crippen LogP contribution in [-0.2, 0) is 6.42 Å². The molecule has 5 heteroatoms. The summed E-state index contributed by atoms with van der Waals surface area (Å²) < 4.78 is 12.8. The van der Waals surface area contributed by atoms with Crippen LogP contribution in [0.25, 0.3) is 0 Å². The van der Waals surface area contributed by atoms with Crippen LogP contribution in [0.3, 0.4) is 0 Å². The molecule has 0 aromatic heterocycles. The molecule has 0 fully saturated rings. The van der Waals surface area contributed by atoms with Crippen molar-refractivity contribution in [2.24, 2.45) is 5.92 Å². The highest BCUT2D eigenvalue weighted by Crippen LogP contribution is 2.33. The molecule has 2 rings (SSSR count). The van der Waals surface area contributed by atoms with Gasteiger partial charge in [-0.2, -0.15) is 0 Å². The molecule has 0 bridgehead atoms. The van der Waals surface area contributed by atoms with Crippen LogP contribution in [0.2, 0.25) is 0 Å². The SMILES string of the molecule is COc1cc2c(cc1OC)C(C(CO)CO)=[N+](C)CC2. The fourth-order valence-corrected chi connectivity index (χ4v) is 2.74. The topological polar surface area (TPSA) is 61.9 Å². The highest BCUT2D eigenvalue weighted by molar-refractivity contribution is 6.01. The zero-order valence-corrected chi connectivity index (χ0v) is 12.2. The third-order valence-electron chi connectivity index (χ3n) is 3.84. The van der Waals surface area contributed by atoms with Crippen molar-refractivity contribution < 1.29 is 24.3 Å². The molecule has 0 aliphatic carbocycles. The van der Waals surface area contributed by atoms with Crippen LogP contribution in [0, 0.1) is 5.92 Å². The van der Waals surface area contributed by atoms with Crippen LogP contribution in [0.15, 0.2) is 12.1 Å². The van der Waals surface area contributed by atoms with E-state index >= 15 is 0 Å². The van der Waals surface area contributed by atoms with Gasteiger partial charge in [0.25, 0.3) is 0 Å². The molecule has 20 heavy (non-hydrogen) atoms. The van der Waals surface area contributed by atoms with E-state index in [4.69, 9.17) is 9.47 Å². The number of hydrogen-bond acceptors (Lipinski definition) is 4. The number of fused-ring (bicyclic) bond motifs is 1. The average Bonchev–Trinajstić information content (AvgIpc) is 2.49. The molecule has 5 nitrogen and oxygen atoms in total. The van der Waals surface area contributed by atoms with Gasteiger partial charge in [0.05, 0.1) is 33.4 Å². The zero-order chi connectivity index (χ0) is 14.7.